The van der Waals surface area contributed by atoms with Crippen molar-refractivity contribution in [3.8, 4) is 5.75 Å². The molecule has 2 aromatic carbocycles. The zero-order chi connectivity index (χ0) is 29.7. The van der Waals surface area contributed by atoms with E-state index < -0.39 is 42.2 Å². The third-order valence-corrected chi connectivity index (χ3v) is 6.95. The quantitative estimate of drug-likeness (QED) is 0.129. The molecule has 0 bridgehead atoms. The lowest BCUT2D eigenvalue weighted by molar-refractivity contribution is -0.237. The lowest BCUT2D eigenvalue weighted by Crippen LogP contribution is -2.39. The number of carbonyl (C=O) groups excluding carboxylic acids is 1. The molecule has 0 aliphatic heterocycles. The average molecular weight is 571 g/mol. The third-order valence-electron chi connectivity index (χ3n) is 6.95. The van der Waals surface area contributed by atoms with Gasteiger partial charge in [-0.25, -0.2) is 9.59 Å². The van der Waals surface area contributed by atoms with Gasteiger partial charge in [0.05, 0.1) is 17.4 Å². The second kappa shape index (κ2) is 12.6. The first kappa shape index (κ1) is 30.7. The number of carboxylic acids is 1. The van der Waals surface area contributed by atoms with E-state index in [2.05, 4.69) is 0 Å². The number of anilines is 2. The van der Waals surface area contributed by atoms with Gasteiger partial charge >= 0.3 is 24.2 Å². The number of carbonyl (C=O) groups is 2. The predicted molar refractivity (Wildman–Crippen MR) is 139 cm³/mol. The highest BCUT2D eigenvalue weighted by Crippen LogP contribution is 2.44. The van der Waals surface area contributed by atoms with Crippen LogP contribution in [0.15, 0.2) is 42.5 Å². The van der Waals surface area contributed by atoms with Crippen LogP contribution in [0.25, 0.3) is 6.08 Å². The Morgan fingerprint density at radius 3 is 2.05 bits per heavy atom. The number of halogens is 5. The van der Waals surface area contributed by atoms with Gasteiger partial charge in [0.25, 0.3) is 0 Å². The first-order chi connectivity index (χ1) is 18.7. The minimum absolute atomic E-state index is 0.0556. The fourth-order valence-corrected chi connectivity index (χ4v) is 4.59. The molecular weight excluding hydrogens is 539 g/mol. The van der Waals surface area contributed by atoms with Crippen LogP contribution in [-0.2, 0) is 16.0 Å². The van der Waals surface area contributed by atoms with Crippen LogP contribution in [0.3, 0.4) is 0 Å². The number of nitrogens with two attached hydrogens (primary N) is 2. The maximum absolute atomic E-state index is 14.6. The van der Waals surface area contributed by atoms with Crippen molar-refractivity contribution < 1.29 is 46.1 Å². The Labute approximate surface area is 227 Å². The van der Waals surface area contributed by atoms with E-state index in [9.17, 15) is 31.5 Å². The second-order valence-electron chi connectivity index (χ2n) is 9.77. The van der Waals surface area contributed by atoms with E-state index in [1.165, 1.54) is 42.5 Å². The van der Waals surface area contributed by atoms with Crippen molar-refractivity contribution in [2.24, 2.45) is 11.8 Å². The monoisotopic (exact) mass is 570 g/mol. The normalized spacial score (nSPS) is 18.9. The topological polar surface area (TPSA) is 125 Å². The van der Waals surface area contributed by atoms with E-state index in [1.807, 2.05) is 0 Å². The van der Waals surface area contributed by atoms with Gasteiger partial charge in [-0.15, -0.1) is 0 Å². The van der Waals surface area contributed by atoms with E-state index >= 15 is 0 Å². The zero-order valence-electron chi connectivity index (χ0n) is 21.7. The van der Waals surface area contributed by atoms with Crippen LogP contribution in [0.5, 0.6) is 5.75 Å². The van der Waals surface area contributed by atoms with Gasteiger partial charge in [-0.05, 0) is 68.0 Å². The van der Waals surface area contributed by atoms with Gasteiger partial charge in [0.15, 0.2) is 0 Å². The van der Waals surface area contributed by atoms with Crippen LogP contribution in [0.4, 0.5) is 33.3 Å². The number of alkyl halides is 5. The van der Waals surface area contributed by atoms with Crippen LogP contribution in [-0.4, -0.2) is 35.4 Å². The molecule has 0 aromatic heterocycles. The number of benzene rings is 2. The molecule has 0 spiro atoms. The summed E-state index contributed by atoms with van der Waals surface area (Å²) in [6.07, 6.45) is -6.71. The van der Waals surface area contributed by atoms with Gasteiger partial charge in [-0.1, -0.05) is 19.1 Å². The maximum Gasteiger partial charge on any atom is 0.400 e. The number of hydrogen-bond donors (Lipinski definition) is 3. The highest BCUT2D eigenvalue weighted by molar-refractivity contribution is 5.91. The molecule has 218 valence electrons. The van der Waals surface area contributed by atoms with Crippen molar-refractivity contribution in [2.75, 3.05) is 11.5 Å². The van der Waals surface area contributed by atoms with Crippen LogP contribution in [0.2, 0.25) is 0 Å². The third kappa shape index (κ3) is 8.09. The molecule has 7 nitrogen and oxygen atoms in total. The number of nitrogen functional groups attached to an aromatic ring is 2. The van der Waals surface area contributed by atoms with Crippen molar-refractivity contribution in [3.05, 3.63) is 59.2 Å². The number of carboxylic acid groups (broad SMARTS) is 1. The van der Waals surface area contributed by atoms with Gasteiger partial charge < -0.3 is 26.0 Å². The van der Waals surface area contributed by atoms with Gasteiger partial charge in [0.1, 0.15) is 11.9 Å². The zero-order valence-corrected chi connectivity index (χ0v) is 21.7. The van der Waals surface area contributed by atoms with E-state index in [-0.39, 0.29) is 54.8 Å². The average Bonchev–Trinajstić information content (AvgIpc) is 2.88. The van der Waals surface area contributed by atoms with Crippen molar-refractivity contribution in [3.63, 3.8) is 0 Å². The van der Waals surface area contributed by atoms with Gasteiger partial charge in [-0.3, -0.25) is 0 Å². The number of esters is 1. The Morgan fingerprint density at radius 2 is 1.55 bits per heavy atom. The summed E-state index contributed by atoms with van der Waals surface area (Å²) >= 11 is 0. The predicted octanol–water partition coefficient (Wildman–Crippen LogP) is 6.47. The van der Waals surface area contributed by atoms with Crippen LogP contribution in [0.1, 0.15) is 60.5 Å². The molecule has 0 saturated heterocycles. The highest BCUT2D eigenvalue weighted by atomic mass is 19.4. The first-order valence-electron chi connectivity index (χ1n) is 12.7. The minimum Gasteiger partial charge on any atom is -0.478 e. The summed E-state index contributed by atoms with van der Waals surface area (Å²) in [6, 6.07) is 8.01. The Bertz CT molecular complexity index is 1200. The summed E-state index contributed by atoms with van der Waals surface area (Å²) in [5.74, 6) is -4.88. The molecule has 5 N–H and O–H groups in total. The second-order valence-corrected chi connectivity index (χ2v) is 9.77. The fraction of sp³-hybridized carbons (Fsp3) is 0.429. The molecule has 3 rings (SSSR count). The summed E-state index contributed by atoms with van der Waals surface area (Å²) in [5.41, 5.74) is 13.1. The molecule has 1 unspecified atom stereocenters. The number of rotatable bonds is 10. The molecule has 0 radical (unpaired) electrons. The van der Waals surface area contributed by atoms with Crippen molar-refractivity contribution in [1.82, 2.24) is 0 Å². The molecular formula is C28H31F5N2O5. The molecule has 12 heteroatoms. The largest absolute Gasteiger partial charge is 0.478 e. The molecule has 0 amide bonds. The van der Waals surface area contributed by atoms with Crippen LogP contribution < -0.4 is 16.2 Å². The number of ether oxygens (including phenoxy) is 2. The van der Waals surface area contributed by atoms with Crippen molar-refractivity contribution in [1.29, 1.82) is 0 Å². The summed E-state index contributed by atoms with van der Waals surface area (Å²) < 4.78 is 77.9. The van der Waals surface area contributed by atoms with Crippen LogP contribution >= 0.6 is 0 Å². The molecule has 2 aromatic rings. The van der Waals surface area contributed by atoms with E-state index in [1.54, 1.807) is 6.92 Å². The molecule has 1 saturated carbocycles. The fourth-order valence-electron chi connectivity index (χ4n) is 4.59. The first-order valence-corrected chi connectivity index (χ1v) is 12.7. The van der Waals surface area contributed by atoms with Gasteiger partial charge in [0, 0.05) is 29.4 Å². The summed E-state index contributed by atoms with van der Waals surface area (Å²) in [4.78, 5) is 23.5. The molecule has 1 fully saturated rings. The van der Waals surface area contributed by atoms with Crippen molar-refractivity contribution >= 4 is 29.4 Å². The van der Waals surface area contributed by atoms with Crippen LogP contribution in [0, 0.1) is 11.8 Å². The molecule has 1 atom stereocenters. The lowest BCUT2D eigenvalue weighted by atomic mass is 9.81. The highest BCUT2D eigenvalue weighted by Gasteiger charge is 2.49. The SMILES string of the molecule is CCC(Cc1c(N)cc(C(=O)O)cc1N)OC(=O)C=Cc1ccc(OC(F)(F)C2CCC(C(F)(F)F)CC2)cc1. The van der Waals surface area contributed by atoms with Gasteiger partial charge in [-0.2, -0.15) is 22.0 Å². The Hall–Kier alpha value is -3.83. The molecule has 40 heavy (non-hydrogen) atoms. The molecule has 1 aliphatic rings. The van der Waals surface area contributed by atoms with E-state index in [0.717, 1.165) is 6.08 Å². The number of aromatic carboxylic acids is 1. The van der Waals surface area contributed by atoms with E-state index in [4.69, 9.17) is 26.0 Å². The molecule has 1 aliphatic carbocycles. The van der Waals surface area contributed by atoms with E-state index in [0.29, 0.717) is 17.5 Å². The number of hydrogen-bond acceptors (Lipinski definition) is 6. The Kier molecular flexibility index (Phi) is 9.65. The maximum atomic E-state index is 14.6. The summed E-state index contributed by atoms with van der Waals surface area (Å²) in [6.45, 7) is 1.79. The molecule has 0 heterocycles. The van der Waals surface area contributed by atoms with Gasteiger partial charge in [0.2, 0.25) is 0 Å². The van der Waals surface area contributed by atoms with Crippen molar-refractivity contribution in [2.45, 2.75) is 63.8 Å². The standard InChI is InChI=1S/C28H31F5N2O5/c1-2-20(15-22-23(34)13-17(26(37)38)14-24(22)35)39-25(36)12-5-16-3-10-21(11-4-16)40-28(32,33)19-8-6-18(7-9-19)27(29,30)31/h3-5,10-14,18-20H,2,6-9,15,34-35H2,1H3,(H,37,38). The Balaban J connectivity index is 1.55. The summed E-state index contributed by atoms with van der Waals surface area (Å²) in [7, 11) is 0. The minimum atomic E-state index is -4.38. The Morgan fingerprint density at radius 1 is 1.00 bits per heavy atom. The summed E-state index contributed by atoms with van der Waals surface area (Å²) in [5, 5.41) is 9.11. The lowest BCUT2D eigenvalue weighted by Gasteiger charge is -2.33. The smallest absolute Gasteiger partial charge is 0.400 e.